The van der Waals surface area contributed by atoms with Gasteiger partial charge in [-0.15, -0.1) is 0 Å². The summed E-state index contributed by atoms with van der Waals surface area (Å²) >= 11 is 0. The van der Waals surface area contributed by atoms with Crippen molar-refractivity contribution in [3.8, 4) is 0 Å². The van der Waals surface area contributed by atoms with E-state index in [0.717, 1.165) is 0 Å². The van der Waals surface area contributed by atoms with Crippen LogP contribution in [0.4, 0.5) is 10.1 Å². The number of methoxy groups -OCH3 is 1. The maximum absolute atomic E-state index is 12.8. The minimum Gasteiger partial charge on any atom is -0.383 e. The molecule has 0 aliphatic carbocycles. The Kier molecular flexibility index (Phi) is 4.20. The van der Waals surface area contributed by atoms with Gasteiger partial charge in [-0.05, 0) is 18.2 Å². The van der Waals surface area contributed by atoms with E-state index >= 15 is 0 Å². The maximum atomic E-state index is 12.8. The largest absolute Gasteiger partial charge is 0.383 e. The summed E-state index contributed by atoms with van der Waals surface area (Å²) in [5.74, 6) is -0.810. The summed E-state index contributed by atoms with van der Waals surface area (Å²) < 4.78 is 17.5. The van der Waals surface area contributed by atoms with Gasteiger partial charge in [-0.25, -0.2) is 4.39 Å². The third-order valence-electron chi connectivity index (χ3n) is 1.78. The van der Waals surface area contributed by atoms with Crippen molar-refractivity contribution < 1.29 is 13.9 Å². The molecule has 1 aromatic rings. The molecule has 0 bridgehead atoms. The Balaban J connectivity index is 2.58. The van der Waals surface area contributed by atoms with E-state index in [1.807, 2.05) is 0 Å². The van der Waals surface area contributed by atoms with Crippen LogP contribution in [0.5, 0.6) is 0 Å². The van der Waals surface area contributed by atoms with E-state index in [4.69, 9.17) is 10.5 Å². The molecule has 0 fully saturated rings. The number of halogens is 1. The molecule has 1 atom stereocenters. The van der Waals surface area contributed by atoms with Gasteiger partial charge in [0.1, 0.15) is 11.9 Å². The lowest BCUT2D eigenvalue weighted by molar-refractivity contribution is -0.118. The Morgan fingerprint density at radius 1 is 1.67 bits per heavy atom. The third-order valence-corrected chi connectivity index (χ3v) is 1.78. The number of anilines is 1. The minimum absolute atomic E-state index is 0.126. The van der Waals surface area contributed by atoms with Gasteiger partial charge in [0.15, 0.2) is 0 Å². The van der Waals surface area contributed by atoms with E-state index in [9.17, 15) is 9.18 Å². The number of hydrogen-bond donors (Lipinski definition) is 2. The topological polar surface area (TPSA) is 64.3 Å². The van der Waals surface area contributed by atoms with Gasteiger partial charge in [0.05, 0.1) is 6.61 Å². The van der Waals surface area contributed by atoms with Gasteiger partial charge in [-0.1, -0.05) is 6.07 Å². The van der Waals surface area contributed by atoms with Gasteiger partial charge >= 0.3 is 0 Å². The Bertz CT molecular complexity index is 344. The molecule has 15 heavy (non-hydrogen) atoms. The average Bonchev–Trinajstić information content (AvgIpc) is 2.18. The summed E-state index contributed by atoms with van der Waals surface area (Å²) in [5.41, 5.74) is 5.86. The molecule has 0 aromatic heterocycles. The molecule has 5 heteroatoms. The quantitative estimate of drug-likeness (QED) is 0.773. The molecule has 0 aliphatic rings. The van der Waals surface area contributed by atoms with Crippen molar-refractivity contribution in [1.29, 1.82) is 0 Å². The molecule has 3 N–H and O–H groups in total. The number of amides is 1. The third kappa shape index (κ3) is 3.65. The second-order valence-electron chi connectivity index (χ2n) is 3.06. The molecular formula is C10H13FN2O2. The van der Waals surface area contributed by atoms with Crippen LogP contribution in [0.2, 0.25) is 0 Å². The SMILES string of the molecule is COCC(N)C(=O)Nc1cccc(F)c1. The highest BCUT2D eigenvalue weighted by Crippen LogP contribution is 2.08. The van der Waals surface area contributed by atoms with Crippen LogP contribution in [-0.2, 0) is 9.53 Å². The lowest BCUT2D eigenvalue weighted by Crippen LogP contribution is -2.39. The van der Waals surface area contributed by atoms with Crippen molar-refractivity contribution in [2.75, 3.05) is 19.0 Å². The van der Waals surface area contributed by atoms with E-state index in [-0.39, 0.29) is 6.61 Å². The van der Waals surface area contributed by atoms with Crippen LogP contribution in [0.15, 0.2) is 24.3 Å². The van der Waals surface area contributed by atoms with Crippen LogP contribution in [0.3, 0.4) is 0 Å². The Morgan fingerprint density at radius 3 is 3.00 bits per heavy atom. The van der Waals surface area contributed by atoms with E-state index in [1.165, 1.54) is 25.3 Å². The number of rotatable bonds is 4. The molecule has 0 aliphatic heterocycles. The predicted molar refractivity (Wildman–Crippen MR) is 54.9 cm³/mol. The predicted octanol–water partition coefficient (Wildman–Crippen LogP) is 0.738. The molecule has 1 unspecified atom stereocenters. The normalized spacial score (nSPS) is 12.2. The second kappa shape index (κ2) is 5.43. The van der Waals surface area contributed by atoms with Crippen molar-refractivity contribution in [2.45, 2.75) is 6.04 Å². The standard InChI is InChI=1S/C10H13FN2O2/c1-15-6-9(12)10(14)13-8-4-2-3-7(11)5-8/h2-5,9H,6,12H2,1H3,(H,13,14). The highest BCUT2D eigenvalue weighted by molar-refractivity contribution is 5.94. The molecule has 1 amide bonds. The summed E-state index contributed by atoms with van der Waals surface area (Å²) in [4.78, 5) is 11.4. The van der Waals surface area contributed by atoms with Crippen LogP contribution >= 0.6 is 0 Å². The van der Waals surface area contributed by atoms with E-state index in [2.05, 4.69) is 5.32 Å². The molecule has 0 heterocycles. The van der Waals surface area contributed by atoms with Gasteiger partial charge in [-0.3, -0.25) is 4.79 Å². The molecular weight excluding hydrogens is 199 g/mol. The molecule has 0 saturated heterocycles. The summed E-state index contributed by atoms with van der Waals surface area (Å²) in [6, 6.07) is 4.85. The molecule has 1 rings (SSSR count). The first-order valence-corrected chi connectivity index (χ1v) is 4.44. The Labute approximate surface area is 87.2 Å². The number of ether oxygens (including phenoxy) is 1. The fraction of sp³-hybridized carbons (Fsp3) is 0.300. The highest BCUT2D eigenvalue weighted by Gasteiger charge is 2.12. The summed E-state index contributed by atoms with van der Waals surface area (Å²) in [6.07, 6.45) is 0. The monoisotopic (exact) mass is 212 g/mol. The number of benzene rings is 1. The van der Waals surface area contributed by atoms with Crippen molar-refractivity contribution in [3.63, 3.8) is 0 Å². The van der Waals surface area contributed by atoms with Gasteiger partial charge < -0.3 is 15.8 Å². The first kappa shape index (κ1) is 11.6. The zero-order valence-electron chi connectivity index (χ0n) is 8.37. The van der Waals surface area contributed by atoms with Crippen LogP contribution in [0.25, 0.3) is 0 Å². The first-order valence-electron chi connectivity index (χ1n) is 4.44. The minimum atomic E-state index is -0.752. The molecule has 0 radical (unpaired) electrons. The van der Waals surface area contributed by atoms with E-state index < -0.39 is 17.8 Å². The maximum Gasteiger partial charge on any atom is 0.243 e. The second-order valence-corrected chi connectivity index (χ2v) is 3.06. The summed E-state index contributed by atoms with van der Waals surface area (Å²) in [7, 11) is 1.45. The van der Waals surface area contributed by atoms with E-state index in [0.29, 0.717) is 5.69 Å². The lowest BCUT2D eigenvalue weighted by Gasteiger charge is -2.10. The van der Waals surface area contributed by atoms with Crippen molar-refractivity contribution >= 4 is 11.6 Å². The average molecular weight is 212 g/mol. The van der Waals surface area contributed by atoms with Crippen LogP contribution < -0.4 is 11.1 Å². The first-order chi connectivity index (χ1) is 7.13. The van der Waals surface area contributed by atoms with Gasteiger partial charge in [0.25, 0.3) is 0 Å². The molecule has 82 valence electrons. The summed E-state index contributed by atoms with van der Waals surface area (Å²) in [6.45, 7) is 0.126. The smallest absolute Gasteiger partial charge is 0.243 e. The summed E-state index contributed by atoms with van der Waals surface area (Å²) in [5, 5.41) is 2.48. The molecule has 4 nitrogen and oxygen atoms in total. The fourth-order valence-corrected chi connectivity index (χ4v) is 1.06. The molecule has 0 saturated carbocycles. The van der Waals surface area contributed by atoms with Gasteiger partial charge in [-0.2, -0.15) is 0 Å². The van der Waals surface area contributed by atoms with Crippen molar-refractivity contribution in [1.82, 2.24) is 0 Å². The van der Waals surface area contributed by atoms with Crippen molar-refractivity contribution in [3.05, 3.63) is 30.1 Å². The molecule has 1 aromatic carbocycles. The number of carbonyl (C=O) groups excluding carboxylic acids is 1. The Hall–Kier alpha value is -1.46. The highest BCUT2D eigenvalue weighted by atomic mass is 19.1. The Morgan fingerprint density at radius 2 is 2.40 bits per heavy atom. The zero-order valence-corrected chi connectivity index (χ0v) is 8.37. The van der Waals surface area contributed by atoms with Crippen molar-refractivity contribution in [2.24, 2.45) is 5.73 Å². The van der Waals surface area contributed by atoms with Crippen LogP contribution in [-0.4, -0.2) is 25.7 Å². The van der Waals surface area contributed by atoms with E-state index in [1.54, 1.807) is 6.07 Å². The number of nitrogens with two attached hydrogens (primary N) is 1. The number of carbonyl (C=O) groups is 1. The number of hydrogen-bond acceptors (Lipinski definition) is 3. The van der Waals surface area contributed by atoms with Gasteiger partial charge in [0, 0.05) is 12.8 Å². The molecule has 0 spiro atoms. The van der Waals surface area contributed by atoms with Gasteiger partial charge in [0.2, 0.25) is 5.91 Å². The number of nitrogens with one attached hydrogen (secondary N) is 1. The fourth-order valence-electron chi connectivity index (χ4n) is 1.06. The lowest BCUT2D eigenvalue weighted by atomic mass is 10.2. The van der Waals surface area contributed by atoms with Crippen LogP contribution in [0.1, 0.15) is 0 Å². The zero-order chi connectivity index (χ0) is 11.3. The van der Waals surface area contributed by atoms with Crippen LogP contribution in [0, 0.1) is 5.82 Å².